The maximum absolute atomic E-state index is 14.2. The second-order valence-electron chi connectivity index (χ2n) is 9.30. The average Bonchev–Trinajstić information content (AvgIpc) is 3.34. The van der Waals surface area contributed by atoms with Crippen molar-refractivity contribution in [3.8, 4) is 6.07 Å². The molecular weight excluding hydrogens is 451 g/mol. The number of carbonyl (C=O) groups excluding carboxylic acids is 3. The van der Waals surface area contributed by atoms with Crippen LogP contribution in [0.2, 0.25) is 0 Å². The number of halogens is 1. The number of likely N-dealkylation sites (tertiary alicyclic amines) is 1. The van der Waals surface area contributed by atoms with Gasteiger partial charge in [-0.3, -0.25) is 19.3 Å². The molecule has 0 spiro atoms. The minimum Gasteiger partial charge on any atom is -0.329 e. The Balaban J connectivity index is 1.80. The molecule has 10 heteroatoms. The number of carbonyl (C=O) groups is 3. The summed E-state index contributed by atoms with van der Waals surface area (Å²) in [4.78, 5) is 45.3. The Kier molecular flexibility index (Phi) is 6.05. The molecule has 1 unspecified atom stereocenters. The van der Waals surface area contributed by atoms with Gasteiger partial charge in [0.1, 0.15) is 11.9 Å². The van der Waals surface area contributed by atoms with Crippen molar-refractivity contribution >= 4 is 17.7 Å². The summed E-state index contributed by atoms with van der Waals surface area (Å²) in [5, 5.41) is 13.7. The maximum Gasteiger partial charge on any atom is 0.262 e. The molecule has 0 bridgehead atoms. The molecule has 2 aromatic rings. The van der Waals surface area contributed by atoms with Crippen LogP contribution in [0.3, 0.4) is 0 Å². The Hall–Kier alpha value is -4.22. The van der Waals surface area contributed by atoms with Crippen molar-refractivity contribution in [1.29, 1.82) is 5.26 Å². The first kappa shape index (κ1) is 23.9. The molecule has 2 aliphatic rings. The van der Waals surface area contributed by atoms with Gasteiger partial charge in [-0.1, -0.05) is 29.4 Å². The predicted octanol–water partition coefficient (Wildman–Crippen LogP) is 4.38. The van der Waals surface area contributed by atoms with E-state index in [9.17, 15) is 29.6 Å². The summed E-state index contributed by atoms with van der Waals surface area (Å²) < 4.78 is 14.2. The zero-order chi connectivity index (χ0) is 25.5. The molecule has 4 rings (SSSR count). The van der Waals surface area contributed by atoms with E-state index in [1.807, 2.05) is 0 Å². The third kappa shape index (κ3) is 3.90. The van der Waals surface area contributed by atoms with Crippen molar-refractivity contribution in [1.82, 2.24) is 9.80 Å². The molecule has 2 aliphatic heterocycles. The van der Waals surface area contributed by atoms with Gasteiger partial charge in [-0.05, 0) is 62.6 Å². The monoisotopic (exact) mass is 474 g/mol. The fourth-order valence-electron chi connectivity index (χ4n) is 4.99. The molecule has 35 heavy (non-hydrogen) atoms. The minimum atomic E-state index is -1.21. The Bertz CT molecular complexity index is 1280. The first-order chi connectivity index (χ1) is 16.6. The van der Waals surface area contributed by atoms with Gasteiger partial charge in [-0.15, -0.1) is 0 Å². The van der Waals surface area contributed by atoms with Crippen molar-refractivity contribution < 1.29 is 18.8 Å². The normalized spacial score (nSPS) is 22.4. The lowest BCUT2D eigenvalue weighted by atomic mass is 9.84. The lowest BCUT2D eigenvalue weighted by Crippen LogP contribution is -2.54. The molecule has 9 nitrogen and oxygen atoms in total. The van der Waals surface area contributed by atoms with E-state index in [0.29, 0.717) is 5.56 Å². The molecule has 0 saturated carbocycles. The number of nitriles is 1. The zero-order valence-electron chi connectivity index (χ0n) is 19.4. The van der Waals surface area contributed by atoms with E-state index in [0.717, 1.165) is 4.90 Å². The Morgan fingerprint density at radius 2 is 1.83 bits per heavy atom. The largest absolute Gasteiger partial charge is 0.329 e. The highest BCUT2D eigenvalue weighted by molar-refractivity contribution is 6.22. The summed E-state index contributed by atoms with van der Waals surface area (Å²) in [6.07, 6.45) is 0.159. The van der Waals surface area contributed by atoms with Crippen LogP contribution in [0, 0.1) is 22.6 Å². The molecule has 0 radical (unpaired) electrons. The highest BCUT2D eigenvalue weighted by Gasteiger charge is 2.53. The quantitative estimate of drug-likeness (QED) is 0.275. The van der Waals surface area contributed by atoms with E-state index in [4.69, 9.17) is 0 Å². The lowest BCUT2D eigenvalue weighted by Gasteiger charge is -2.39. The highest BCUT2D eigenvalue weighted by Crippen LogP contribution is 2.45. The number of azide groups is 1. The molecule has 3 amide bonds. The van der Waals surface area contributed by atoms with Crippen LogP contribution in [0.25, 0.3) is 10.4 Å². The zero-order valence-corrected chi connectivity index (χ0v) is 19.4. The maximum atomic E-state index is 14.2. The van der Waals surface area contributed by atoms with Gasteiger partial charge in [0.15, 0.2) is 0 Å². The number of benzene rings is 2. The third-order valence-electron chi connectivity index (χ3n) is 6.80. The number of hydrogen-bond donors (Lipinski definition) is 0. The topological polar surface area (TPSA) is 130 Å². The van der Waals surface area contributed by atoms with Crippen LogP contribution in [0.1, 0.15) is 59.5 Å². The summed E-state index contributed by atoms with van der Waals surface area (Å²) in [7, 11) is 0. The van der Waals surface area contributed by atoms with Gasteiger partial charge in [-0.2, -0.15) is 5.26 Å². The Labute approximate surface area is 201 Å². The predicted molar refractivity (Wildman–Crippen MR) is 123 cm³/mol. The number of nitrogens with zero attached hydrogens (tertiary/aromatic N) is 6. The second-order valence-corrected chi connectivity index (χ2v) is 9.30. The fraction of sp³-hybridized carbons (Fsp3) is 0.360. The van der Waals surface area contributed by atoms with Gasteiger partial charge in [0, 0.05) is 4.91 Å². The SMILES string of the molecule is CC(C(=O)N1[C@H](c2cccc(F)c2)[C@@H](N=[N+]=[N-])C[C@@H]1C(C)(C)C#N)N1C(=O)c2ccccc2C1=O. The van der Waals surface area contributed by atoms with Crippen molar-refractivity contribution in [2.24, 2.45) is 10.5 Å². The first-order valence-corrected chi connectivity index (χ1v) is 11.1. The molecule has 2 heterocycles. The number of amides is 3. The summed E-state index contributed by atoms with van der Waals surface area (Å²) in [6, 6.07) is 10.5. The smallest absolute Gasteiger partial charge is 0.262 e. The summed E-state index contributed by atoms with van der Waals surface area (Å²) in [6.45, 7) is 4.77. The molecule has 0 N–H and O–H groups in total. The first-order valence-electron chi connectivity index (χ1n) is 11.1. The number of hydrogen-bond acceptors (Lipinski definition) is 5. The molecule has 178 valence electrons. The van der Waals surface area contributed by atoms with Crippen LogP contribution in [-0.4, -0.2) is 45.6 Å². The van der Waals surface area contributed by atoms with E-state index in [-0.39, 0.29) is 17.5 Å². The molecule has 0 aliphatic carbocycles. The van der Waals surface area contributed by atoms with Crippen LogP contribution < -0.4 is 0 Å². The van der Waals surface area contributed by atoms with Gasteiger partial charge >= 0.3 is 0 Å². The van der Waals surface area contributed by atoms with Gasteiger partial charge in [-0.25, -0.2) is 4.39 Å². The van der Waals surface area contributed by atoms with Gasteiger partial charge in [0.25, 0.3) is 11.8 Å². The van der Waals surface area contributed by atoms with E-state index in [2.05, 4.69) is 16.1 Å². The second kappa shape index (κ2) is 8.85. The lowest BCUT2D eigenvalue weighted by molar-refractivity contribution is -0.139. The number of rotatable bonds is 5. The molecular formula is C25H23FN6O3. The van der Waals surface area contributed by atoms with E-state index >= 15 is 0 Å². The van der Waals surface area contributed by atoms with Crippen molar-refractivity contribution in [3.63, 3.8) is 0 Å². The Morgan fingerprint density at radius 1 is 1.20 bits per heavy atom. The molecule has 2 aromatic carbocycles. The van der Waals surface area contributed by atoms with Crippen LogP contribution in [-0.2, 0) is 4.79 Å². The molecule has 1 saturated heterocycles. The van der Waals surface area contributed by atoms with E-state index < -0.39 is 53.1 Å². The standard InChI is InChI=1S/C25H23FN6O3/c1-14(31-23(34)17-9-4-5-10-18(17)24(31)35)22(33)32-20(25(2,3)13-27)12-19(29-30-28)21(32)15-7-6-8-16(26)11-15/h4-11,14,19-21H,12H2,1-3H3/t14?,19-,20+,21+/m0/s1. The third-order valence-corrected chi connectivity index (χ3v) is 6.80. The summed E-state index contributed by atoms with van der Waals surface area (Å²) in [5.74, 6) is -2.31. The highest BCUT2D eigenvalue weighted by atomic mass is 19.1. The molecule has 0 aromatic heterocycles. The number of fused-ring (bicyclic) bond motifs is 1. The van der Waals surface area contributed by atoms with E-state index in [1.165, 1.54) is 42.2 Å². The average molecular weight is 474 g/mol. The van der Waals surface area contributed by atoms with Gasteiger partial charge in [0.05, 0.1) is 40.7 Å². The Morgan fingerprint density at radius 3 is 2.37 bits per heavy atom. The van der Waals surface area contributed by atoms with Crippen molar-refractivity contribution in [2.45, 2.75) is 51.4 Å². The van der Waals surface area contributed by atoms with Crippen LogP contribution >= 0.6 is 0 Å². The van der Waals surface area contributed by atoms with Crippen molar-refractivity contribution in [2.75, 3.05) is 0 Å². The van der Waals surface area contributed by atoms with Crippen molar-refractivity contribution in [3.05, 3.63) is 81.5 Å². The summed E-state index contributed by atoms with van der Waals surface area (Å²) >= 11 is 0. The van der Waals surface area contributed by atoms with Crippen LogP contribution in [0.15, 0.2) is 53.6 Å². The summed E-state index contributed by atoms with van der Waals surface area (Å²) in [5.41, 5.74) is 8.93. The fourth-order valence-corrected chi connectivity index (χ4v) is 4.99. The van der Waals surface area contributed by atoms with E-state index in [1.54, 1.807) is 32.0 Å². The molecule has 1 fully saturated rings. The molecule has 4 atom stereocenters. The minimum absolute atomic E-state index is 0.159. The van der Waals surface area contributed by atoms with Crippen LogP contribution in [0.4, 0.5) is 4.39 Å². The van der Waals surface area contributed by atoms with Gasteiger partial charge in [0.2, 0.25) is 5.91 Å². The van der Waals surface area contributed by atoms with Crippen LogP contribution in [0.5, 0.6) is 0 Å². The number of imide groups is 1. The van der Waals surface area contributed by atoms with Gasteiger partial charge < -0.3 is 4.90 Å².